The third kappa shape index (κ3) is 16.7. The molecule has 238 valence electrons. The number of aliphatic hydroxyl groups excluding tert-OH is 4. The summed E-state index contributed by atoms with van der Waals surface area (Å²) < 4.78 is 21.5. The number of rotatable bonds is 21. The summed E-state index contributed by atoms with van der Waals surface area (Å²) in [6.07, 6.45) is 18.2. The van der Waals surface area contributed by atoms with Crippen LogP contribution in [0.15, 0.2) is 60.8 Å². The standard InChI is InChI=1S/C32H50O10/c1-3-5-7-8-9-10-11-12-13-14-15-16-17-18-19-21-28(35)41-25(23-39-27(34)20-6-4-2)24-40-32-31(38)30(37)29(36)26(22-33)42-32/h5,7,9-10,12-13,15-16,18-19,25-26,29-33,36-38H,3-4,6,8,11,14,17,20-24H2,1-2H3/b7-5-,10-9-,13-12-,16-15-,19-18-. The first kappa shape index (κ1) is 37.4. The van der Waals surface area contributed by atoms with Crippen molar-refractivity contribution in [3.05, 3.63) is 60.8 Å². The van der Waals surface area contributed by atoms with Crippen molar-refractivity contribution in [1.29, 1.82) is 0 Å². The van der Waals surface area contributed by atoms with Gasteiger partial charge in [0, 0.05) is 6.42 Å². The summed E-state index contributed by atoms with van der Waals surface area (Å²) >= 11 is 0. The van der Waals surface area contributed by atoms with Gasteiger partial charge in [-0.1, -0.05) is 81.0 Å². The molecule has 0 aromatic heterocycles. The minimum Gasteiger partial charge on any atom is -0.462 e. The van der Waals surface area contributed by atoms with Crippen LogP contribution in [0.25, 0.3) is 0 Å². The fraction of sp³-hybridized carbons (Fsp3) is 0.625. The number of unbranched alkanes of at least 4 members (excludes halogenated alkanes) is 1. The number of ether oxygens (including phenoxy) is 4. The highest BCUT2D eigenvalue weighted by atomic mass is 16.7. The van der Waals surface area contributed by atoms with Crippen LogP contribution in [0, 0.1) is 0 Å². The molecule has 42 heavy (non-hydrogen) atoms. The van der Waals surface area contributed by atoms with E-state index >= 15 is 0 Å². The Bertz CT molecular complexity index is 877. The number of carbonyl (C=O) groups excluding carboxylic acids is 2. The predicted molar refractivity (Wildman–Crippen MR) is 159 cm³/mol. The molecule has 0 aromatic rings. The van der Waals surface area contributed by atoms with Crippen molar-refractivity contribution in [2.75, 3.05) is 19.8 Å². The largest absolute Gasteiger partial charge is 0.462 e. The second kappa shape index (κ2) is 23.9. The van der Waals surface area contributed by atoms with Crippen molar-refractivity contribution in [3.8, 4) is 0 Å². The van der Waals surface area contributed by atoms with E-state index in [0.29, 0.717) is 12.8 Å². The van der Waals surface area contributed by atoms with Crippen LogP contribution in [-0.4, -0.2) is 89.0 Å². The monoisotopic (exact) mass is 594 g/mol. The van der Waals surface area contributed by atoms with Gasteiger partial charge in [0.2, 0.25) is 0 Å². The van der Waals surface area contributed by atoms with Gasteiger partial charge in [-0.25, -0.2) is 0 Å². The molecule has 6 unspecified atom stereocenters. The summed E-state index contributed by atoms with van der Waals surface area (Å²) in [6.45, 7) is 2.87. The highest BCUT2D eigenvalue weighted by Crippen LogP contribution is 2.22. The van der Waals surface area contributed by atoms with Crippen LogP contribution in [0.5, 0.6) is 0 Å². The first-order valence-corrected chi connectivity index (χ1v) is 14.9. The number of esters is 2. The van der Waals surface area contributed by atoms with E-state index in [-0.39, 0.29) is 26.1 Å². The molecule has 0 aromatic carbocycles. The number of hydrogen-bond donors (Lipinski definition) is 4. The molecule has 0 bridgehead atoms. The van der Waals surface area contributed by atoms with Gasteiger partial charge in [-0.3, -0.25) is 9.59 Å². The zero-order chi connectivity index (χ0) is 31.0. The van der Waals surface area contributed by atoms with Gasteiger partial charge in [0.25, 0.3) is 0 Å². The third-order valence-corrected chi connectivity index (χ3v) is 6.20. The molecule has 0 radical (unpaired) electrons. The minimum absolute atomic E-state index is 0.00610. The lowest BCUT2D eigenvalue weighted by atomic mass is 9.99. The molecular formula is C32H50O10. The van der Waals surface area contributed by atoms with Gasteiger partial charge in [-0.05, 0) is 38.5 Å². The number of hydrogen-bond acceptors (Lipinski definition) is 10. The molecule has 0 aliphatic carbocycles. The Hall–Kier alpha value is -2.60. The predicted octanol–water partition coefficient (Wildman–Crippen LogP) is 3.59. The smallest absolute Gasteiger partial charge is 0.310 e. The second-order valence-electron chi connectivity index (χ2n) is 9.84. The van der Waals surface area contributed by atoms with Crippen LogP contribution in [0.3, 0.4) is 0 Å². The molecule has 1 heterocycles. The first-order valence-electron chi connectivity index (χ1n) is 14.9. The second-order valence-corrected chi connectivity index (χ2v) is 9.84. The van der Waals surface area contributed by atoms with Crippen LogP contribution in [0.4, 0.5) is 0 Å². The van der Waals surface area contributed by atoms with Crippen molar-refractivity contribution in [2.45, 2.75) is 108 Å². The molecule has 4 N–H and O–H groups in total. The lowest BCUT2D eigenvalue weighted by Gasteiger charge is -2.39. The van der Waals surface area contributed by atoms with Crippen LogP contribution in [0.1, 0.15) is 71.6 Å². The SMILES string of the molecule is CC/C=C\C/C=C\C/C=C\C/C=C\C/C=C\CC(=O)OC(COC(=O)CCCC)COC1OC(CO)C(O)C(O)C1O. The summed E-state index contributed by atoms with van der Waals surface area (Å²) in [5.74, 6) is -1.01. The van der Waals surface area contributed by atoms with Crippen molar-refractivity contribution in [1.82, 2.24) is 0 Å². The molecule has 0 amide bonds. The van der Waals surface area contributed by atoms with E-state index in [1.165, 1.54) is 0 Å². The van der Waals surface area contributed by atoms with Crippen molar-refractivity contribution in [3.63, 3.8) is 0 Å². The lowest BCUT2D eigenvalue weighted by Crippen LogP contribution is -2.59. The topological polar surface area (TPSA) is 152 Å². The number of carbonyl (C=O) groups is 2. The maximum absolute atomic E-state index is 12.4. The average Bonchev–Trinajstić information content (AvgIpc) is 2.98. The van der Waals surface area contributed by atoms with E-state index in [0.717, 1.165) is 32.1 Å². The Morgan fingerprint density at radius 1 is 0.762 bits per heavy atom. The van der Waals surface area contributed by atoms with Gasteiger partial charge in [0.1, 0.15) is 31.0 Å². The summed E-state index contributed by atoms with van der Waals surface area (Å²) in [5.41, 5.74) is 0. The lowest BCUT2D eigenvalue weighted by molar-refractivity contribution is -0.305. The molecular weight excluding hydrogens is 544 g/mol. The van der Waals surface area contributed by atoms with Crippen LogP contribution < -0.4 is 0 Å². The Morgan fingerprint density at radius 3 is 1.88 bits per heavy atom. The Balaban J connectivity index is 2.49. The fourth-order valence-electron chi connectivity index (χ4n) is 3.77. The summed E-state index contributed by atoms with van der Waals surface area (Å²) in [4.78, 5) is 24.4. The van der Waals surface area contributed by atoms with Gasteiger partial charge >= 0.3 is 11.9 Å². The quantitative estimate of drug-likeness (QED) is 0.115. The molecule has 1 aliphatic rings. The van der Waals surface area contributed by atoms with E-state index in [1.807, 2.05) is 25.2 Å². The molecule has 10 nitrogen and oxygen atoms in total. The molecule has 10 heteroatoms. The zero-order valence-corrected chi connectivity index (χ0v) is 25.0. The molecule has 0 saturated carbocycles. The average molecular weight is 595 g/mol. The Labute approximate surface area is 250 Å². The summed E-state index contributed by atoms with van der Waals surface area (Å²) in [5, 5.41) is 39.4. The van der Waals surface area contributed by atoms with Gasteiger partial charge in [-0.15, -0.1) is 0 Å². The van der Waals surface area contributed by atoms with E-state index in [1.54, 1.807) is 6.08 Å². The maximum atomic E-state index is 12.4. The Morgan fingerprint density at radius 2 is 1.33 bits per heavy atom. The number of allylic oxidation sites excluding steroid dienone is 9. The van der Waals surface area contributed by atoms with Crippen LogP contribution in [-0.2, 0) is 28.5 Å². The van der Waals surface area contributed by atoms with Gasteiger partial charge in [-0.2, -0.15) is 0 Å². The molecule has 1 fully saturated rings. The first-order chi connectivity index (χ1) is 20.3. The number of aliphatic hydroxyl groups is 4. The van der Waals surface area contributed by atoms with Crippen LogP contribution in [0.2, 0.25) is 0 Å². The van der Waals surface area contributed by atoms with E-state index in [4.69, 9.17) is 18.9 Å². The van der Waals surface area contributed by atoms with E-state index < -0.39 is 55.4 Å². The molecule has 6 atom stereocenters. The normalized spacial score (nSPS) is 24.0. The molecule has 1 aliphatic heterocycles. The third-order valence-electron chi connectivity index (χ3n) is 6.20. The van der Waals surface area contributed by atoms with E-state index in [2.05, 4.69) is 43.4 Å². The zero-order valence-electron chi connectivity index (χ0n) is 25.0. The van der Waals surface area contributed by atoms with Crippen molar-refractivity contribution in [2.24, 2.45) is 0 Å². The highest BCUT2D eigenvalue weighted by molar-refractivity contribution is 5.71. The van der Waals surface area contributed by atoms with Crippen molar-refractivity contribution >= 4 is 11.9 Å². The van der Waals surface area contributed by atoms with Crippen molar-refractivity contribution < 1.29 is 49.0 Å². The van der Waals surface area contributed by atoms with Gasteiger partial charge in [0.05, 0.1) is 19.6 Å². The highest BCUT2D eigenvalue weighted by Gasteiger charge is 2.44. The minimum atomic E-state index is -1.61. The maximum Gasteiger partial charge on any atom is 0.310 e. The Kier molecular flexibility index (Phi) is 21.3. The molecule has 1 saturated heterocycles. The molecule has 1 rings (SSSR count). The van der Waals surface area contributed by atoms with E-state index in [9.17, 15) is 30.0 Å². The van der Waals surface area contributed by atoms with Gasteiger partial charge in [0.15, 0.2) is 12.4 Å². The molecule has 0 spiro atoms. The van der Waals surface area contributed by atoms with Gasteiger partial charge < -0.3 is 39.4 Å². The summed E-state index contributed by atoms with van der Waals surface area (Å²) in [6, 6.07) is 0. The fourth-order valence-corrected chi connectivity index (χ4v) is 3.77. The summed E-state index contributed by atoms with van der Waals surface area (Å²) in [7, 11) is 0. The van der Waals surface area contributed by atoms with Crippen LogP contribution >= 0.6 is 0 Å².